The zero-order valence-corrected chi connectivity index (χ0v) is 16.3. The smallest absolute Gasteiger partial charge is 0.254 e. The van der Waals surface area contributed by atoms with Crippen LogP contribution in [0.25, 0.3) is 10.9 Å². The summed E-state index contributed by atoms with van der Waals surface area (Å²) in [7, 11) is 0. The second kappa shape index (κ2) is 6.47. The molecule has 2 bridgehead atoms. The van der Waals surface area contributed by atoms with Gasteiger partial charge in [0.15, 0.2) is 0 Å². The predicted molar refractivity (Wildman–Crippen MR) is 109 cm³/mol. The first-order valence-corrected chi connectivity index (χ1v) is 10.2. The van der Waals surface area contributed by atoms with Gasteiger partial charge in [-0.3, -0.25) is 4.79 Å². The molecular formula is C24H25FN2O. The van der Waals surface area contributed by atoms with E-state index in [0.29, 0.717) is 5.92 Å². The van der Waals surface area contributed by atoms with Gasteiger partial charge in [0.2, 0.25) is 0 Å². The summed E-state index contributed by atoms with van der Waals surface area (Å²) in [6.07, 6.45) is 4.07. The van der Waals surface area contributed by atoms with Crippen LogP contribution in [0.3, 0.4) is 0 Å². The molecule has 28 heavy (non-hydrogen) atoms. The van der Waals surface area contributed by atoms with E-state index >= 15 is 0 Å². The molecule has 2 aliphatic rings. The van der Waals surface area contributed by atoms with Crippen LogP contribution in [0.5, 0.6) is 0 Å². The number of nitrogens with zero attached hydrogens (tertiary/aromatic N) is 1. The minimum atomic E-state index is -0.190. The molecule has 2 aromatic carbocycles. The SMILES string of the molecule is Cc1[nH]c2cc(C(=O)N3[C@@H]4CC[C@H]3CC(c3ccc(F)cc3)C4)ccc2c1C. The summed E-state index contributed by atoms with van der Waals surface area (Å²) in [6.45, 7) is 4.17. The number of rotatable bonds is 2. The molecule has 3 nitrogen and oxygen atoms in total. The fourth-order valence-corrected chi connectivity index (χ4v) is 5.27. The third kappa shape index (κ3) is 2.74. The molecule has 1 N–H and O–H groups in total. The minimum absolute atomic E-state index is 0.150. The largest absolute Gasteiger partial charge is 0.358 e. The maximum absolute atomic E-state index is 13.3. The number of hydrogen-bond donors (Lipinski definition) is 1. The second-order valence-corrected chi connectivity index (χ2v) is 8.45. The lowest BCUT2D eigenvalue weighted by molar-refractivity contribution is 0.0571. The highest BCUT2D eigenvalue weighted by Crippen LogP contribution is 2.43. The number of halogens is 1. The van der Waals surface area contributed by atoms with E-state index in [1.54, 1.807) is 12.1 Å². The van der Waals surface area contributed by atoms with E-state index in [9.17, 15) is 9.18 Å². The predicted octanol–water partition coefficient (Wildman–Crippen LogP) is 5.47. The summed E-state index contributed by atoms with van der Waals surface area (Å²) in [5.41, 5.74) is 5.40. The Balaban J connectivity index is 1.40. The van der Waals surface area contributed by atoms with E-state index in [-0.39, 0.29) is 23.8 Å². The molecule has 2 fully saturated rings. The molecular weight excluding hydrogens is 351 g/mol. The Bertz CT molecular complexity index is 1040. The molecule has 5 rings (SSSR count). The van der Waals surface area contributed by atoms with Crippen molar-refractivity contribution in [2.75, 3.05) is 0 Å². The van der Waals surface area contributed by atoms with Gasteiger partial charge in [-0.2, -0.15) is 0 Å². The van der Waals surface area contributed by atoms with Crippen LogP contribution in [0.1, 0.15) is 58.8 Å². The molecule has 0 radical (unpaired) electrons. The third-order valence-electron chi connectivity index (χ3n) is 6.86. The third-order valence-corrected chi connectivity index (χ3v) is 6.86. The Hall–Kier alpha value is -2.62. The maximum atomic E-state index is 13.3. The molecule has 1 amide bonds. The van der Waals surface area contributed by atoms with Gasteiger partial charge in [-0.25, -0.2) is 4.39 Å². The van der Waals surface area contributed by atoms with E-state index < -0.39 is 0 Å². The van der Waals surface area contributed by atoms with Gasteiger partial charge in [0.25, 0.3) is 5.91 Å². The van der Waals surface area contributed by atoms with Crippen molar-refractivity contribution in [2.45, 2.75) is 57.5 Å². The molecule has 3 heterocycles. The standard InChI is InChI=1S/C24H25FN2O/c1-14-15(2)26-23-13-17(5-10-22(14)23)24(28)27-20-8-9-21(27)12-18(11-20)16-3-6-19(25)7-4-16/h3-7,10,13,18,20-21,26H,8-9,11-12H2,1-2H3/t18?,20-,21+. The Morgan fingerprint density at radius 1 is 1.04 bits per heavy atom. The van der Waals surface area contributed by atoms with Crippen molar-refractivity contribution in [3.8, 4) is 0 Å². The number of aryl methyl sites for hydroxylation is 2. The molecule has 0 aliphatic carbocycles. The van der Waals surface area contributed by atoms with Gasteiger partial charge in [-0.05, 0) is 80.8 Å². The number of benzene rings is 2. The molecule has 144 valence electrons. The van der Waals surface area contributed by atoms with Crippen LogP contribution >= 0.6 is 0 Å². The number of H-pyrrole nitrogens is 1. The maximum Gasteiger partial charge on any atom is 0.254 e. The number of piperidine rings is 1. The Labute approximate surface area is 164 Å². The van der Waals surface area contributed by atoms with Crippen molar-refractivity contribution in [3.05, 3.63) is 70.7 Å². The molecule has 1 unspecified atom stereocenters. The monoisotopic (exact) mass is 376 g/mol. The molecule has 2 saturated heterocycles. The van der Waals surface area contributed by atoms with Crippen LogP contribution < -0.4 is 0 Å². The zero-order valence-electron chi connectivity index (χ0n) is 16.3. The molecule has 2 aliphatic heterocycles. The average Bonchev–Trinajstić information content (AvgIpc) is 3.13. The minimum Gasteiger partial charge on any atom is -0.358 e. The number of carbonyl (C=O) groups excluding carboxylic acids is 1. The molecule has 0 spiro atoms. The Morgan fingerprint density at radius 3 is 2.39 bits per heavy atom. The first-order valence-electron chi connectivity index (χ1n) is 10.2. The Kier molecular flexibility index (Phi) is 4.04. The van der Waals surface area contributed by atoms with Gasteiger partial charge >= 0.3 is 0 Å². The molecule has 3 aromatic rings. The number of hydrogen-bond acceptors (Lipinski definition) is 1. The van der Waals surface area contributed by atoms with Crippen LogP contribution in [0.4, 0.5) is 4.39 Å². The lowest BCUT2D eigenvalue weighted by Gasteiger charge is -2.39. The van der Waals surface area contributed by atoms with E-state index in [0.717, 1.165) is 42.5 Å². The fourth-order valence-electron chi connectivity index (χ4n) is 5.27. The van der Waals surface area contributed by atoms with Crippen LogP contribution in [-0.2, 0) is 0 Å². The molecule has 1 aromatic heterocycles. The van der Waals surface area contributed by atoms with Crippen molar-refractivity contribution in [1.29, 1.82) is 0 Å². The highest BCUT2D eigenvalue weighted by Gasteiger charge is 2.43. The number of fused-ring (bicyclic) bond motifs is 3. The highest BCUT2D eigenvalue weighted by molar-refractivity contribution is 5.99. The van der Waals surface area contributed by atoms with Gasteiger partial charge in [0, 0.05) is 34.2 Å². The molecule has 4 heteroatoms. The quantitative estimate of drug-likeness (QED) is 0.632. The fraction of sp³-hybridized carbons (Fsp3) is 0.375. The average molecular weight is 376 g/mol. The number of amides is 1. The van der Waals surface area contributed by atoms with E-state index in [1.807, 2.05) is 24.3 Å². The lowest BCUT2D eigenvalue weighted by atomic mass is 9.84. The highest BCUT2D eigenvalue weighted by atomic mass is 19.1. The summed E-state index contributed by atoms with van der Waals surface area (Å²) in [5, 5.41) is 1.19. The first kappa shape index (κ1) is 17.5. The van der Waals surface area contributed by atoms with Crippen LogP contribution in [0.15, 0.2) is 42.5 Å². The van der Waals surface area contributed by atoms with Crippen LogP contribution in [-0.4, -0.2) is 27.9 Å². The van der Waals surface area contributed by atoms with Crippen molar-refractivity contribution in [2.24, 2.45) is 0 Å². The van der Waals surface area contributed by atoms with Crippen molar-refractivity contribution >= 4 is 16.8 Å². The van der Waals surface area contributed by atoms with Crippen LogP contribution in [0, 0.1) is 19.7 Å². The lowest BCUT2D eigenvalue weighted by Crippen LogP contribution is -2.46. The summed E-state index contributed by atoms with van der Waals surface area (Å²) < 4.78 is 13.3. The van der Waals surface area contributed by atoms with Crippen molar-refractivity contribution < 1.29 is 9.18 Å². The molecule has 3 atom stereocenters. The molecule has 0 saturated carbocycles. The van der Waals surface area contributed by atoms with Crippen molar-refractivity contribution in [1.82, 2.24) is 9.88 Å². The van der Waals surface area contributed by atoms with Gasteiger partial charge in [-0.15, -0.1) is 0 Å². The van der Waals surface area contributed by atoms with Gasteiger partial charge < -0.3 is 9.88 Å². The number of nitrogens with one attached hydrogen (secondary N) is 1. The van der Waals surface area contributed by atoms with E-state index in [2.05, 4.69) is 29.8 Å². The normalized spacial score (nSPS) is 24.1. The van der Waals surface area contributed by atoms with E-state index in [4.69, 9.17) is 0 Å². The number of carbonyl (C=O) groups is 1. The van der Waals surface area contributed by atoms with Gasteiger partial charge in [0.1, 0.15) is 5.82 Å². The number of aromatic nitrogens is 1. The van der Waals surface area contributed by atoms with E-state index in [1.165, 1.54) is 16.5 Å². The summed E-state index contributed by atoms with van der Waals surface area (Å²) in [6, 6.07) is 13.5. The summed E-state index contributed by atoms with van der Waals surface area (Å²) >= 11 is 0. The summed E-state index contributed by atoms with van der Waals surface area (Å²) in [4.78, 5) is 18.9. The second-order valence-electron chi connectivity index (χ2n) is 8.45. The number of aromatic amines is 1. The first-order chi connectivity index (χ1) is 13.5. The zero-order chi connectivity index (χ0) is 19.4. The van der Waals surface area contributed by atoms with Crippen molar-refractivity contribution in [3.63, 3.8) is 0 Å². The van der Waals surface area contributed by atoms with Crippen LogP contribution in [0.2, 0.25) is 0 Å². The Morgan fingerprint density at radius 2 is 1.71 bits per heavy atom. The van der Waals surface area contributed by atoms with Gasteiger partial charge in [-0.1, -0.05) is 18.2 Å². The topological polar surface area (TPSA) is 36.1 Å². The van der Waals surface area contributed by atoms with Gasteiger partial charge in [0.05, 0.1) is 0 Å². The summed E-state index contributed by atoms with van der Waals surface area (Å²) in [5.74, 6) is 0.375.